The average Bonchev–Trinajstić information content (AvgIpc) is 2.75. The molecule has 0 bridgehead atoms. The number of thiazole rings is 1. The van der Waals surface area contributed by atoms with E-state index >= 15 is 0 Å². The Bertz CT molecular complexity index is 567. The van der Waals surface area contributed by atoms with Gasteiger partial charge in [-0.05, 0) is 32.0 Å². The van der Waals surface area contributed by atoms with E-state index in [4.69, 9.17) is 23.2 Å². The predicted molar refractivity (Wildman–Crippen MR) is 84.3 cm³/mol. The number of rotatable bonds is 5. The number of hydrogen-bond donors (Lipinski definition) is 1. The average molecular weight is 315 g/mol. The van der Waals surface area contributed by atoms with Crippen LogP contribution in [0.5, 0.6) is 0 Å². The third kappa shape index (κ3) is 3.69. The Morgan fingerprint density at radius 3 is 2.74 bits per heavy atom. The highest BCUT2D eigenvalue weighted by Crippen LogP contribution is 2.32. The van der Waals surface area contributed by atoms with E-state index in [0.717, 1.165) is 35.8 Å². The number of aromatic nitrogens is 1. The van der Waals surface area contributed by atoms with Crippen molar-refractivity contribution in [3.05, 3.63) is 38.8 Å². The Balaban J connectivity index is 2.21. The second kappa shape index (κ2) is 6.71. The van der Waals surface area contributed by atoms with Gasteiger partial charge in [-0.15, -0.1) is 11.3 Å². The van der Waals surface area contributed by atoms with Gasteiger partial charge in [0.25, 0.3) is 0 Å². The molecule has 0 amide bonds. The molecule has 0 unspecified atom stereocenters. The lowest BCUT2D eigenvalue weighted by Gasteiger charge is -2.00. The van der Waals surface area contributed by atoms with E-state index in [1.807, 2.05) is 25.1 Å². The minimum atomic E-state index is 0.567. The van der Waals surface area contributed by atoms with Crippen LogP contribution in [0.25, 0.3) is 10.6 Å². The predicted octanol–water partition coefficient (Wildman–Crippen LogP) is 4.92. The minimum Gasteiger partial charge on any atom is -0.312 e. The summed E-state index contributed by atoms with van der Waals surface area (Å²) in [6.07, 6.45) is 1.14. The molecule has 1 heterocycles. The van der Waals surface area contributed by atoms with Crippen molar-refractivity contribution < 1.29 is 0 Å². The summed E-state index contributed by atoms with van der Waals surface area (Å²) in [5, 5.41) is 5.53. The summed E-state index contributed by atoms with van der Waals surface area (Å²) in [4.78, 5) is 5.88. The summed E-state index contributed by atoms with van der Waals surface area (Å²) < 4.78 is 0. The van der Waals surface area contributed by atoms with Gasteiger partial charge in [-0.3, -0.25) is 0 Å². The number of hydrogen-bond acceptors (Lipinski definition) is 3. The molecule has 0 radical (unpaired) electrons. The van der Waals surface area contributed by atoms with E-state index < -0.39 is 0 Å². The zero-order valence-electron chi connectivity index (χ0n) is 11.0. The summed E-state index contributed by atoms with van der Waals surface area (Å²) in [6, 6.07) is 5.63. The van der Waals surface area contributed by atoms with Crippen LogP contribution in [0.1, 0.15) is 23.9 Å². The minimum absolute atomic E-state index is 0.567. The Labute approximate surface area is 127 Å². The van der Waals surface area contributed by atoms with Crippen molar-refractivity contribution >= 4 is 34.5 Å². The van der Waals surface area contributed by atoms with Gasteiger partial charge in [-0.1, -0.05) is 36.2 Å². The second-order valence-corrected chi connectivity index (χ2v) is 6.23. The SMILES string of the molecule is CCCNCc1sc(-c2ccc(Cl)c(Cl)c2)nc1C. The Kier molecular flexibility index (Phi) is 5.22. The molecule has 0 atom stereocenters. The zero-order valence-corrected chi connectivity index (χ0v) is 13.3. The van der Waals surface area contributed by atoms with Crippen molar-refractivity contribution in [2.75, 3.05) is 6.54 Å². The van der Waals surface area contributed by atoms with Crippen LogP contribution in [0, 0.1) is 6.92 Å². The zero-order chi connectivity index (χ0) is 13.8. The molecule has 0 aliphatic heterocycles. The third-order valence-corrected chi connectivity index (χ3v) is 4.72. The summed E-state index contributed by atoms with van der Waals surface area (Å²) in [7, 11) is 0. The quantitative estimate of drug-likeness (QED) is 0.792. The first-order chi connectivity index (χ1) is 9.11. The molecule has 0 aliphatic rings. The van der Waals surface area contributed by atoms with Crippen molar-refractivity contribution in [1.29, 1.82) is 0 Å². The maximum absolute atomic E-state index is 6.05. The van der Waals surface area contributed by atoms with Crippen LogP contribution in [0.3, 0.4) is 0 Å². The van der Waals surface area contributed by atoms with E-state index in [9.17, 15) is 0 Å². The van der Waals surface area contributed by atoms with Gasteiger partial charge in [0.2, 0.25) is 0 Å². The second-order valence-electron chi connectivity index (χ2n) is 4.33. The van der Waals surface area contributed by atoms with Crippen LogP contribution in [0.15, 0.2) is 18.2 Å². The molecular weight excluding hydrogens is 299 g/mol. The molecule has 2 rings (SSSR count). The van der Waals surface area contributed by atoms with Crippen molar-refractivity contribution in [1.82, 2.24) is 10.3 Å². The highest BCUT2D eigenvalue weighted by atomic mass is 35.5. The van der Waals surface area contributed by atoms with E-state index in [-0.39, 0.29) is 0 Å². The smallest absolute Gasteiger partial charge is 0.123 e. The van der Waals surface area contributed by atoms with Crippen molar-refractivity contribution in [2.45, 2.75) is 26.8 Å². The van der Waals surface area contributed by atoms with Crippen molar-refractivity contribution in [2.24, 2.45) is 0 Å². The summed E-state index contributed by atoms with van der Waals surface area (Å²) in [5.41, 5.74) is 2.10. The van der Waals surface area contributed by atoms with Crippen LogP contribution in [-0.4, -0.2) is 11.5 Å². The van der Waals surface area contributed by atoms with E-state index in [1.54, 1.807) is 11.3 Å². The van der Waals surface area contributed by atoms with Crippen LogP contribution in [-0.2, 0) is 6.54 Å². The summed E-state index contributed by atoms with van der Waals surface area (Å²) in [6.45, 7) is 6.10. The highest BCUT2D eigenvalue weighted by molar-refractivity contribution is 7.15. The Hall–Kier alpha value is -0.610. The highest BCUT2D eigenvalue weighted by Gasteiger charge is 2.10. The van der Waals surface area contributed by atoms with Crippen LogP contribution in [0.4, 0.5) is 0 Å². The van der Waals surface area contributed by atoms with Gasteiger partial charge in [0.05, 0.1) is 15.7 Å². The Morgan fingerprint density at radius 2 is 2.05 bits per heavy atom. The molecular formula is C14H16Cl2N2S. The Morgan fingerprint density at radius 1 is 1.26 bits per heavy atom. The molecule has 1 aromatic heterocycles. The van der Waals surface area contributed by atoms with Gasteiger partial charge in [0.15, 0.2) is 0 Å². The molecule has 19 heavy (non-hydrogen) atoms. The van der Waals surface area contributed by atoms with Gasteiger partial charge in [-0.2, -0.15) is 0 Å². The maximum atomic E-state index is 6.05. The van der Waals surface area contributed by atoms with E-state index in [1.165, 1.54) is 4.88 Å². The topological polar surface area (TPSA) is 24.9 Å². The first-order valence-electron chi connectivity index (χ1n) is 6.24. The first kappa shape index (κ1) is 14.8. The van der Waals surface area contributed by atoms with Gasteiger partial charge >= 0.3 is 0 Å². The fraction of sp³-hybridized carbons (Fsp3) is 0.357. The van der Waals surface area contributed by atoms with Crippen LogP contribution >= 0.6 is 34.5 Å². The molecule has 0 fully saturated rings. The van der Waals surface area contributed by atoms with Crippen LogP contribution < -0.4 is 5.32 Å². The maximum Gasteiger partial charge on any atom is 0.123 e. The fourth-order valence-electron chi connectivity index (χ4n) is 1.72. The largest absolute Gasteiger partial charge is 0.312 e. The summed E-state index contributed by atoms with van der Waals surface area (Å²) >= 11 is 13.7. The standard InChI is InChI=1S/C14H16Cl2N2S/c1-3-6-17-8-13-9(2)18-14(19-13)10-4-5-11(15)12(16)7-10/h4-5,7,17H,3,6,8H2,1-2H3. The van der Waals surface area contributed by atoms with Crippen molar-refractivity contribution in [3.8, 4) is 10.6 Å². The van der Waals surface area contributed by atoms with Gasteiger partial charge in [-0.25, -0.2) is 4.98 Å². The molecule has 0 spiro atoms. The van der Waals surface area contributed by atoms with Gasteiger partial charge < -0.3 is 5.32 Å². The molecule has 2 nitrogen and oxygen atoms in total. The lowest BCUT2D eigenvalue weighted by molar-refractivity contribution is 0.678. The number of halogens is 2. The monoisotopic (exact) mass is 314 g/mol. The molecule has 0 saturated heterocycles. The van der Waals surface area contributed by atoms with E-state index in [0.29, 0.717) is 10.0 Å². The number of nitrogens with one attached hydrogen (secondary N) is 1. The third-order valence-electron chi connectivity index (χ3n) is 2.77. The lowest BCUT2D eigenvalue weighted by atomic mass is 10.2. The fourth-order valence-corrected chi connectivity index (χ4v) is 3.05. The van der Waals surface area contributed by atoms with Gasteiger partial charge in [0, 0.05) is 17.0 Å². The number of nitrogens with zero attached hydrogens (tertiary/aromatic N) is 1. The normalized spacial score (nSPS) is 10.9. The number of aryl methyl sites for hydroxylation is 1. The van der Waals surface area contributed by atoms with Crippen molar-refractivity contribution in [3.63, 3.8) is 0 Å². The molecule has 2 aromatic rings. The van der Waals surface area contributed by atoms with Crippen LogP contribution in [0.2, 0.25) is 10.0 Å². The molecule has 1 aromatic carbocycles. The molecule has 102 valence electrons. The summed E-state index contributed by atoms with van der Waals surface area (Å²) in [5.74, 6) is 0. The molecule has 5 heteroatoms. The first-order valence-corrected chi connectivity index (χ1v) is 7.81. The lowest BCUT2D eigenvalue weighted by Crippen LogP contribution is -2.13. The van der Waals surface area contributed by atoms with E-state index in [2.05, 4.69) is 17.2 Å². The molecule has 1 N–H and O–H groups in total. The number of benzene rings is 1. The molecule has 0 aliphatic carbocycles. The van der Waals surface area contributed by atoms with Gasteiger partial charge in [0.1, 0.15) is 5.01 Å². The molecule has 0 saturated carbocycles.